The van der Waals surface area contributed by atoms with Gasteiger partial charge in [-0.15, -0.1) is 9.03 Å². The maximum atomic E-state index is 14.0. The fourth-order valence-electron chi connectivity index (χ4n) is 7.85. The Morgan fingerprint density at radius 1 is 0.931 bits per heavy atom. The Kier molecular flexibility index (Phi) is 14.3. The molecule has 4 aromatic carbocycles. The maximum absolute atomic E-state index is 14.0. The van der Waals surface area contributed by atoms with Crippen LogP contribution in [0.5, 0.6) is 11.5 Å². The van der Waals surface area contributed by atoms with Crippen molar-refractivity contribution in [2.75, 3.05) is 64.9 Å². The van der Waals surface area contributed by atoms with E-state index in [1.165, 1.54) is 0 Å². The summed E-state index contributed by atoms with van der Waals surface area (Å²) in [6.45, 7) is 7.33. The standard InChI is InChI=1S/C44H52BrN7O5S/c1-4-55-44(53)43-36(16-9-28-56-40-17-7-12-31-11-5-6-13-34(31)40)35-14-8-15-37(42(35)52(43)23-10-22-46-2)41-38(29-45)48-49-39(41)30-57-33-20-18-32(19-21-33)50-24-26-51(27-25-50)58(54)47-3/h5-8,11-15,17-21,46-47H,4,9-10,16,22-30H2,1-3H3,(H,48,49). The molecular formula is C44H52BrN7O5S. The molecule has 1 aliphatic rings. The van der Waals surface area contributed by atoms with Crippen LogP contribution >= 0.6 is 15.9 Å². The first kappa shape index (κ1) is 41.6. The number of ether oxygens (including phenoxy) is 3. The topological polar surface area (TPSA) is 132 Å². The van der Waals surface area contributed by atoms with E-state index in [1.807, 2.05) is 54.7 Å². The molecule has 306 valence electrons. The minimum atomic E-state index is -1.15. The lowest BCUT2D eigenvalue weighted by atomic mass is 9.98. The second kappa shape index (κ2) is 19.9. The van der Waals surface area contributed by atoms with Crippen molar-refractivity contribution in [2.24, 2.45) is 0 Å². The van der Waals surface area contributed by atoms with E-state index in [2.05, 4.69) is 89.1 Å². The van der Waals surface area contributed by atoms with Gasteiger partial charge >= 0.3 is 5.97 Å². The number of anilines is 1. The number of fused-ring (bicyclic) bond motifs is 2. The zero-order valence-electron chi connectivity index (χ0n) is 33.4. The number of nitrogens with one attached hydrogen (secondary N) is 3. The Bertz CT molecular complexity index is 2280. The van der Waals surface area contributed by atoms with Gasteiger partial charge in [-0.3, -0.25) is 5.10 Å². The van der Waals surface area contributed by atoms with Crippen LogP contribution in [0.4, 0.5) is 5.69 Å². The van der Waals surface area contributed by atoms with E-state index < -0.39 is 11.5 Å². The van der Waals surface area contributed by atoms with Crippen LogP contribution in [0, 0.1) is 0 Å². The molecule has 1 fully saturated rings. The number of aromatic nitrogens is 3. The number of hydrogen-bond donors (Lipinski definition) is 3. The zero-order chi connectivity index (χ0) is 40.4. The summed E-state index contributed by atoms with van der Waals surface area (Å²) in [7, 11) is 3.65. The number of H-pyrrole nitrogens is 1. The Hall–Kier alpha value is -4.57. The summed E-state index contributed by atoms with van der Waals surface area (Å²) in [6, 6.07) is 28.8. The van der Waals surface area contributed by atoms with Crippen molar-refractivity contribution < 1.29 is 23.6 Å². The number of benzene rings is 4. The molecule has 0 bridgehead atoms. The van der Waals surface area contributed by atoms with Gasteiger partial charge in [0.25, 0.3) is 0 Å². The van der Waals surface area contributed by atoms with Crippen LogP contribution in [0.2, 0.25) is 0 Å². The van der Waals surface area contributed by atoms with Gasteiger partial charge in [0, 0.05) is 59.6 Å². The predicted molar refractivity (Wildman–Crippen MR) is 236 cm³/mol. The van der Waals surface area contributed by atoms with Crippen molar-refractivity contribution in [3.63, 3.8) is 0 Å². The number of halogens is 1. The van der Waals surface area contributed by atoms with Gasteiger partial charge in [-0.1, -0.05) is 70.5 Å². The lowest BCUT2D eigenvalue weighted by Crippen LogP contribution is -2.51. The molecule has 0 radical (unpaired) electrons. The summed E-state index contributed by atoms with van der Waals surface area (Å²) in [6.07, 6.45) is 2.16. The Balaban J connectivity index is 1.17. The molecule has 12 nitrogen and oxygen atoms in total. The molecule has 3 heterocycles. The molecule has 0 amide bonds. The van der Waals surface area contributed by atoms with Crippen molar-refractivity contribution in [1.82, 2.24) is 29.1 Å². The molecular weight excluding hydrogens is 818 g/mol. The number of carbonyl (C=O) groups excluding carboxylic acids is 1. The molecule has 6 aromatic rings. The number of aryl methyl sites for hydroxylation is 2. The van der Waals surface area contributed by atoms with Crippen LogP contribution < -0.4 is 24.4 Å². The van der Waals surface area contributed by atoms with Crippen molar-refractivity contribution in [3.8, 4) is 22.6 Å². The number of nitrogens with zero attached hydrogens (tertiary/aromatic N) is 4. The SMILES string of the molecule is CCOC(=O)c1c(CCCOc2cccc3ccccc23)c2cccc(-c3c(CBr)n[nH]c3COc3ccc(N4CCN([S+]([O-])NC)CC4)cc3)c2n1CCCNC. The average Bonchev–Trinajstić information content (AvgIpc) is 3.83. The molecule has 58 heavy (non-hydrogen) atoms. The summed E-state index contributed by atoms with van der Waals surface area (Å²) in [5.74, 6) is 1.27. The second-order valence-corrected chi connectivity index (χ2v) is 16.1. The van der Waals surface area contributed by atoms with Crippen LogP contribution in [-0.2, 0) is 41.2 Å². The monoisotopic (exact) mass is 869 g/mol. The van der Waals surface area contributed by atoms with Crippen LogP contribution in [0.15, 0.2) is 84.9 Å². The Morgan fingerprint density at radius 2 is 1.69 bits per heavy atom. The number of aromatic amines is 1. The smallest absolute Gasteiger partial charge is 0.355 e. The number of esters is 1. The normalized spacial score (nSPS) is 14.0. The first-order valence-electron chi connectivity index (χ1n) is 20.0. The van der Waals surface area contributed by atoms with Crippen molar-refractivity contribution in [1.29, 1.82) is 0 Å². The highest BCUT2D eigenvalue weighted by Crippen LogP contribution is 2.39. The van der Waals surface area contributed by atoms with Crippen molar-refractivity contribution in [3.05, 3.63) is 108 Å². The first-order valence-corrected chi connectivity index (χ1v) is 22.2. The van der Waals surface area contributed by atoms with Gasteiger partial charge in [0.2, 0.25) is 0 Å². The van der Waals surface area contributed by atoms with E-state index >= 15 is 0 Å². The van der Waals surface area contributed by atoms with E-state index in [9.17, 15) is 9.35 Å². The van der Waals surface area contributed by atoms with E-state index in [4.69, 9.17) is 19.3 Å². The highest BCUT2D eigenvalue weighted by Gasteiger charge is 2.28. The largest absolute Gasteiger partial charge is 0.579 e. The van der Waals surface area contributed by atoms with Crippen LogP contribution in [0.1, 0.15) is 47.2 Å². The third kappa shape index (κ3) is 9.17. The number of alkyl halides is 1. The van der Waals surface area contributed by atoms with Gasteiger partial charge in [-0.05, 0) is 81.1 Å². The maximum Gasteiger partial charge on any atom is 0.355 e. The van der Waals surface area contributed by atoms with E-state index in [0.29, 0.717) is 37.0 Å². The summed E-state index contributed by atoms with van der Waals surface area (Å²) in [4.78, 5) is 16.3. The minimum Gasteiger partial charge on any atom is -0.579 e. The molecule has 1 saturated heterocycles. The van der Waals surface area contributed by atoms with E-state index in [-0.39, 0.29) is 19.2 Å². The average molecular weight is 871 g/mol. The number of para-hydroxylation sites is 1. The lowest BCUT2D eigenvalue weighted by Gasteiger charge is -2.34. The summed E-state index contributed by atoms with van der Waals surface area (Å²) < 4.78 is 37.6. The third-order valence-electron chi connectivity index (χ3n) is 10.6. The fourth-order valence-corrected chi connectivity index (χ4v) is 9.01. The Labute approximate surface area is 351 Å². The van der Waals surface area contributed by atoms with E-state index in [1.54, 1.807) is 7.05 Å². The number of rotatable bonds is 19. The van der Waals surface area contributed by atoms with Crippen LogP contribution in [-0.4, -0.2) is 89.6 Å². The quantitative estimate of drug-likeness (QED) is 0.0328. The number of carbonyl (C=O) groups is 1. The van der Waals surface area contributed by atoms with Gasteiger partial charge in [-0.25, -0.2) is 4.79 Å². The number of piperazine rings is 1. The summed E-state index contributed by atoms with van der Waals surface area (Å²) in [5.41, 5.74) is 7.23. The third-order valence-corrected chi connectivity index (χ3v) is 12.3. The summed E-state index contributed by atoms with van der Waals surface area (Å²) >= 11 is 2.54. The number of hydrogen-bond acceptors (Lipinski definition) is 10. The molecule has 14 heteroatoms. The fraction of sp³-hybridized carbons (Fsp3) is 0.364. The zero-order valence-corrected chi connectivity index (χ0v) is 35.8. The molecule has 7 rings (SSSR count). The molecule has 1 unspecified atom stereocenters. The van der Waals surface area contributed by atoms with Gasteiger partial charge in [0.05, 0.1) is 43.2 Å². The van der Waals surface area contributed by atoms with Crippen molar-refractivity contribution >= 4 is 60.8 Å². The highest BCUT2D eigenvalue weighted by atomic mass is 79.9. The molecule has 1 atom stereocenters. The van der Waals surface area contributed by atoms with Crippen LogP contribution in [0.3, 0.4) is 0 Å². The predicted octanol–water partition coefficient (Wildman–Crippen LogP) is 7.38. The van der Waals surface area contributed by atoms with Gasteiger partial charge < -0.3 is 33.5 Å². The molecule has 3 N–H and O–H groups in total. The second-order valence-electron chi connectivity index (χ2n) is 14.1. The molecule has 1 aliphatic heterocycles. The lowest BCUT2D eigenvalue weighted by molar-refractivity contribution is 0.0512. The first-order chi connectivity index (χ1) is 28.4. The van der Waals surface area contributed by atoms with Crippen LogP contribution in [0.25, 0.3) is 32.8 Å². The molecule has 0 spiro atoms. The Morgan fingerprint density at radius 3 is 2.45 bits per heavy atom. The minimum absolute atomic E-state index is 0.267. The van der Waals surface area contributed by atoms with Gasteiger partial charge in [0.1, 0.15) is 35.3 Å². The van der Waals surface area contributed by atoms with Gasteiger partial charge in [-0.2, -0.15) is 5.10 Å². The molecule has 0 saturated carbocycles. The summed E-state index contributed by atoms with van der Waals surface area (Å²) in [5, 5.41) is 15.0. The molecule has 2 aromatic heterocycles. The van der Waals surface area contributed by atoms with Crippen molar-refractivity contribution in [2.45, 2.75) is 44.7 Å². The highest BCUT2D eigenvalue weighted by molar-refractivity contribution is 9.08. The molecule has 0 aliphatic carbocycles. The van der Waals surface area contributed by atoms with Gasteiger partial charge in [0.15, 0.2) is 0 Å². The van der Waals surface area contributed by atoms with E-state index in [0.717, 1.165) is 106 Å².